The lowest BCUT2D eigenvalue weighted by Gasteiger charge is -2.36. The van der Waals surface area contributed by atoms with E-state index in [2.05, 4.69) is 13.8 Å². The van der Waals surface area contributed by atoms with Crippen LogP contribution in [-0.2, 0) is 9.59 Å². The monoisotopic (exact) mass is 251 g/mol. The van der Waals surface area contributed by atoms with Crippen molar-refractivity contribution in [2.75, 3.05) is 6.54 Å². The molecule has 1 saturated heterocycles. The summed E-state index contributed by atoms with van der Waals surface area (Å²) in [5.74, 6) is -1.77. The molecule has 0 aromatic heterocycles. The van der Waals surface area contributed by atoms with Gasteiger partial charge in [0.2, 0.25) is 5.91 Å². The van der Waals surface area contributed by atoms with Crippen LogP contribution in [0.3, 0.4) is 0 Å². The normalized spacial score (nSPS) is 30.4. The zero-order chi connectivity index (χ0) is 13.3. The molecule has 1 aliphatic heterocycles. The summed E-state index contributed by atoms with van der Waals surface area (Å²) in [6.45, 7) is 4.89. The first-order valence-corrected chi connectivity index (χ1v) is 6.63. The molecule has 1 aliphatic carbocycles. The fourth-order valence-corrected chi connectivity index (χ4v) is 3.08. The molecule has 2 atom stereocenters. The fourth-order valence-electron chi connectivity index (χ4n) is 3.08. The van der Waals surface area contributed by atoms with Crippen molar-refractivity contribution in [1.29, 1.82) is 0 Å². The Bertz CT molecular complexity index is 387. The molecule has 0 spiro atoms. The van der Waals surface area contributed by atoms with Crippen molar-refractivity contribution in [1.82, 2.24) is 4.90 Å². The van der Waals surface area contributed by atoms with Crippen molar-refractivity contribution in [3.8, 4) is 0 Å². The van der Waals surface area contributed by atoms with Crippen molar-refractivity contribution in [2.24, 2.45) is 11.8 Å². The van der Waals surface area contributed by atoms with Crippen LogP contribution in [-0.4, -0.2) is 34.0 Å². The SMILES string of the molecule is CC1(C)CCCN1C(=O)C1CC=CCC1C(=O)O. The highest BCUT2D eigenvalue weighted by atomic mass is 16.4. The number of rotatable bonds is 2. The lowest BCUT2D eigenvalue weighted by Crippen LogP contribution is -2.48. The van der Waals surface area contributed by atoms with Crippen molar-refractivity contribution >= 4 is 11.9 Å². The second-order valence-electron chi connectivity index (χ2n) is 5.90. The smallest absolute Gasteiger partial charge is 0.307 e. The Balaban J connectivity index is 2.17. The Kier molecular flexibility index (Phi) is 3.46. The number of hydrogen-bond acceptors (Lipinski definition) is 2. The van der Waals surface area contributed by atoms with Crippen molar-refractivity contribution in [3.05, 3.63) is 12.2 Å². The van der Waals surface area contributed by atoms with Crippen molar-refractivity contribution in [2.45, 2.75) is 45.1 Å². The summed E-state index contributed by atoms with van der Waals surface area (Å²) in [6, 6.07) is 0. The summed E-state index contributed by atoms with van der Waals surface area (Å²) < 4.78 is 0. The minimum Gasteiger partial charge on any atom is -0.481 e. The maximum atomic E-state index is 12.6. The van der Waals surface area contributed by atoms with E-state index in [4.69, 9.17) is 0 Å². The highest BCUT2D eigenvalue weighted by Crippen LogP contribution is 2.34. The number of aliphatic carboxylic acids is 1. The molecular formula is C14H21NO3. The largest absolute Gasteiger partial charge is 0.481 e. The number of hydrogen-bond donors (Lipinski definition) is 1. The minimum absolute atomic E-state index is 0.0225. The van der Waals surface area contributed by atoms with Crippen LogP contribution in [0.25, 0.3) is 0 Å². The van der Waals surface area contributed by atoms with E-state index in [0.29, 0.717) is 12.8 Å². The van der Waals surface area contributed by atoms with E-state index in [1.165, 1.54) is 0 Å². The molecule has 2 aliphatic rings. The molecule has 18 heavy (non-hydrogen) atoms. The zero-order valence-corrected chi connectivity index (χ0v) is 11.1. The van der Waals surface area contributed by atoms with Crippen LogP contribution in [0.5, 0.6) is 0 Å². The quantitative estimate of drug-likeness (QED) is 0.764. The average Bonchev–Trinajstić information content (AvgIpc) is 2.68. The molecule has 0 radical (unpaired) electrons. The highest BCUT2D eigenvalue weighted by Gasteiger charge is 2.42. The molecule has 1 N–H and O–H groups in total. The summed E-state index contributed by atoms with van der Waals surface area (Å²) in [5, 5.41) is 9.23. The third kappa shape index (κ3) is 2.28. The Morgan fingerprint density at radius 3 is 2.33 bits per heavy atom. The molecule has 0 bridgehead atoms. The number of carbonyl (C=O) groups is 2. The third-order valence-electron chi connectivity index (χ3n) is 4.23. The van der Waals surface area contributed by atoms with E-state index in [9.17, 15) is 14.7 Å². The minimum atomic E-state index is -0.852. The topological polar surface area (TPSA) is 57.6 Å². The van der Waals surface area contributed by atoms with Crippen LogP contribution < -0.4 is 0 Å². The Morgan fingerprint density at radius 2 is 1.83 bits per heavy atom. The van der Waals surface area contributed by atoms with Gasteiger partial charge in [0.05, 0.1) is 11.8 Å². The van der Waals surface area contributed by atoms with Gasteiger partial charge in [-0.1, -0.05) is 12.2 Å². The molecule has 1 amide bonds. The summed E-state index contributed by atoms with van der Waals surface area (Å²) in [7, 11) is 0. The first-order valence-electron chi connectivity index (χ1n) is 6.63. The van der Waals surface area contributed by atoms with Gasteiger partial charge in [0.15, 0.2) is 0 Å². The van der Waals surface area contributed by atoms with Crippen LogP contribution in [0, 0.1) is 11.8 Å². The molecule has 2 rings (SSSR count). The van der Waals surface area contributed by atoms with Crippen molar-refractivity contribution in [3.63, 3.8) is 0 Å². The predicted octanol–water partition coefficient (Wildman–Crippen LogP) is 2.05. The van der Waals surface area contributed by atoms with Gasteiger partial charge < -0.3 is 10.0 Å². The Morgan fingerprint density at radius 1 is 1.22 bits per heavy atom. The van der Waals surface area contributed by atoms with Crippen LogP contribution in [0.4, 0.5) is 0 Å². The number of carboxylic acids is 1. The maximum absolute atomic E-state index is 12.6. The standard InChI is InChI=1S/C14H21NO3/c1-14(2)8-5-9-15(14)12(16)10-6-3-4-7-11(10)13(17)18/h3-4,10-11H,5-9H2,1-2H3,(H,17,18). The molecule has 1 heterocycles. The van der Waals surface area contributed by atoms with Gasteiger partial charge in [-0.2, -0.15) is 0 Å². The number of allylic oxidation sites excluding steroid dienone is 2. The van der Waals surface area contributed by atoms with E-state index in [-0.39, 0.29) is 17.4 Å². The fraction of sp³-hybridized carbons (Fsp3) is 0.714. The molecule has 100 valence electrons. The Hall–Kier alpha value is -1.32. The van der Waals surface area contributed by atoms with Crippen LogP contribution in [0.2, 0.25) is 0 Å². The van der Waals surface area contributed by atoms with Gasteiger partial charge in [0.1, 0.15) is 0 Å². The van der Waals surface area contributed by atoms with Crippen molar-refractivity contribution < 1.29 is 14.7 Å². The molecular weight excluding hydrogens is 230 g/mol. The number of nitrogens with zero attached hydrogens (tertiary/aromatic N) is 1. The molecule has 0 aromatic carbocycles. The van der Waals surface area contributed by atoms with E-state index in [1.54, 1.807) is 0 Å². The number of carboxylic acid groups (broad SMARTS) is 1. The van der Waals surface area contributed by atoms with E-state index in [1.807, 2.05) is 17.1 Å². The molecule has 4 nitrogen and oxygen atoms in total. The molecule has 4 heteroatoms. The first kappa shape index (κ1) is 13.1. The summed E-state index contributed by atoms with van der Waals surface area (Å²) in [6.07, 6.45) is 6.85. The summed E-state index contributed by atoms with van der Waals surface area (Å²) in [4.78, 5) is 25.7. The first-order chi connectivity index (χ1) is 8.43. The number of carbonyl (C=O) groups excluding carboxylic acids is 1. The van der Waals surface area contributed by atoms with Gasteiger partial charge in [-0.25, -0.2) is 0 Å². The van der Waals surface area contributed by atoms with Gasteiger partial charge in [0, 0.05) is 12.1 Å². The van der Waals surface area contributed by atoms with Crippen LogP contribution in [0.1, 0.15) is 39.5 Å². The van der Waals surface area contributed by atoms with E-state index < -0.39 is 11.9 Å². The second kappa shape index (κ2) is 4.75. The van der Waals surface area contributed by atoms with Gasteiger partial charge in [-0.15, -0.1) is 0 Å². The summed E-state index contributed by atoms with van der Waals surface area (Å²) >= 11 is 0. The maximum Gasteiger partial charge on any atom is 0.307 e. The second-order valence-corrected chi connectivity index (χ2v) is 5.90. The molecule has 0 aromatic rings. The van der Waals surface area contributed by atoms with Crippen LogP contribution >= 0.6 is 0 Å². The third-order valence-corrected chi connectivity index (χ3v) is 4.23. The highest BCUT2D eigenvalue weighted by molar-refractivity contribution is 5.86. The molecule has 2 unspecified atom stereocenters. The van der Waals surface area contributed by atoms with Crippen LogP contribution in [0.15, 0.2) is 12.2 Å². The number of amides is 1. The van der Waals surface area contributed by atoms with Gasteiger partial charge in [-0.3, -0.25) is 9.59 Å². The lowest BCUT2D eigenvalue weighted by atomic mass is 9.81. The van der Waals surface area contributed by atoms with Gasteiger partial charge in [-0.05, 0) is 39.5 Å². The molecule has 0 saturated carbocycles. The van der Waals surface area contributed by atoms with Gasteiger partial charge in [0.25, 0.3) is 0 Å². The Labute approximate surface area is 108 Å². The van der Waals surface area contributed by atoms with E-state index >= 15 is 0 Å². The molecule has 1 fully saturated rings. The lowest BCUT2D eigenvalue weighted by molar-refractivity contribution is -0.152. The zero-order valence-electron chi connectivity index (χ0n) is 11.1. The number of likely N-dealkylation sites (tertiary alicyclic amines) is 1. The van der Waals surface area contributed by atoms with E-state index in [0.717, 1.165) is 19.4 Å². The summed E-state index contributed by atoms with van der Waals surface area (Å²) in [5.41, 5.74) is -0.124. The average molecular weight is 251 g/mol. The van der Waals surface area contributed by atoms with Gasteiger partial charge >= 0.3 is 5.97 Å². The predicted molar refractivity (Wildman–Crippen MR) is 68.0 cm³/mol.